The summed E-state index contributed by atoms with van der Waals surface area (Å²) in [4.78, 5) is 37.4. The smallest absolute Gasteiger partial charge is 0.407 e. The summed E-state index contributed by atoms with van der Waals surface area (Å²) in [5.74, 6) is -0.129. The number of amides is 2. The number of Topliss-reactive ketones (excluding diaryl/α,β-unsaturated/α-hetero) is 1. The van der Waals surface area contributed by atoms with E-state index in [-0.39, 0.29) is 30.3 Å². The number of anilines is 1. The molecule has 1 aliphatic carbocycles. The lowest BCUT2D eigenvalue weighted by Crippen LogP contribution is -2.49. The molecule has 0 radical (unpaired) electrons. The molecule has 2 amide bonds. The van der Waals surface area contributed by atoms with Gasteiger partial charge in [-0.1, -0.05) is 30.3 Å². The van der Waals surface area contributed by atoms with E-state index < -0.39 is 6.09 Å². The number of carbonyl (C=O) groups is 3. The van der Waals surface area contributed by atoms with E-state index in [1.807, 2.05) is 30.3 Å². The third-order valence-corrected chi connectivity index (χ3v) is 5.01. The zero-order valence-corrected chi connectivity index (χ0v) is 16.1. The molecule has 0 heterocycles. The minimum Gasteiger partial charge on any atom is -0.445 e. The molecular weight excluding hydrogens is 356 g/mol. The first-order chi connectivity index (χ1) is 13.4. The zero-order valence-electron chi connectivity index (χ0n) is 16.1. The van der Waals surface area contributed by atoms with Gasteiger partial charge >= 0.3 is 6.09 Å². The number of carbonyl (C=O) groups excluding carboxylic acids is 3. The SMILES string of the molecule is CC(=O)c1ccc(N(C)C(=O)C2CC(NC(=O)OCc3ccccc3)C2)cc1. The van der Waals surface area contributed by atoms with Crippen molar-refractivity contribution in [2.45, 2.75) is 32.4 Å². The van der Waals surface area contributed by atoms with Gasteiger partial charge < -0.3 is 15.0 Å². The highest BCUT2D eigenvalue weighted by Gasteiger charge is 2.37. The molecule has 0 saturated heterocycles. The first kappa shape index (κ1) is 19.6. The number of alkyl carbamates (subject to hydrolysis) is 1. The van der Waals surface area contributed by atoms with Gasteiger partial charge in [0.25, 0.3) is 0 Å². The summed E-state index contributed by atoms with van der Waals surface area (Å²) < 4.78 is 5.20. The summed E-state index contributed by atoms with van der Waals surface area (Å²) in [6, 6.07) is 16.4. The number of rotatable bonds is 6. The summed E-state index contributed by atoms with van der Waals surface area (Å²) in [6.45, 7) is 1.73. The standard InChI is InChI=1S/C22H24N2O4/c1-15(25)17-8-10-20(11-9-17)24(2)21(26)18-12-19(13-18)23-22(27)28-14-16-6-4-3-5-7-16/h3-11,18-19H,12-14H2,1-2H3,(H,23,27). The minimum atomic E-state index is -0.465. The molecule has 2 aromatic rings. The van der Waals surface area contributed by atoms with Gasteiger partial charge in [-0.05, 0) is 49.6 Å². The van der Waals surface area contributed by atoms with E-state index in [1.54, 1.807) is 36.2 Å². The van der Waals surface area contributed by atoms with Crippen LogP contribution in [0.1, 0.15) is 35.7 Å². The molecule has 0 spiro atoms. The van der Waals surface area contributed by atoms with Gasteiger partial charge in [0.15, 0.2) is 5.78 Å². The van der Waals surface area contributed by atoms with Crippen LogP contribution in [0.15, 0.2) is 54.6 Å². The van der Waals surface area contributed by atoms with Gasteiger partial charge in [0, 0.05) is 30.3 Å². The number of nitrogens with zero attached hydrogens (tertiary/aromatic N) is 1. The maximum absolute atomic E-state index is 12.6. The third-order valence-electron chi connectivity index (χ3n) is 5.01. The number of hydrogen-bond donors (Lipinski definition) is 1. The van der Waals surface area contributed by atoms with Crippen molar-refractivity contribution >= 4 is 23.5 Å². The minimum absolute atomic E-state index is 0.00581. The van der Waals surface area contributed by atoms with Gasteiger partial charge in [0.2, 0.25) is 5.91 Å². The Morgan fingerprint density at radius 3 is 2.29 bits per heavy atom. The Labute approximate surface area is 164 Å². The summed E-state index contributed by atoms with van der Waals surface area (Å²) in [7, 11) is 1.72. The van der Waals surface area contributed by atoms with Crippen LogP contribution in [0.3, 0.4) is 0 Å². The second-order valence-corrected chi connectivity index (χ2v) is 7.07. The maximum atomic E-state index is 12.6. The van der Waals surface area contributed by atoms with Gasteiger partial charge in [-0.25, -0.2) is 4.79 Å². The maximum Gasteiger partial charge on any atom is 0.407 e. The lowest BCUT2D eigenvalue weighted by atomic mass is 9.79. The lowest BCUT2D eigenvalue weighted by Gasteiger charge is -2.36. The fourth-order valence-corrected chi connectivity index (χ4v) is 3.19. The Morgan fingerprint density at radius 2 is 1.68 bits per heavy atom. The van der Waals surface area contributed by atoms with Crippen LogP contribution in [-0.4, -0.2) is 30.9 Å². The second-order valence-electron chi connectivity index (χ2n) is 7.07. The molecule has 2 aromatic carbocycles. The van der Waals surface area contributed by atoms with E-state index in [4.69, 9.17) is 4.74 Å². The average Bonchev–Trinajstić information content (AvgIpc) is 2.68. The Balaban J connectivity index is 1.43. The Hall–Kier alpha value is -3.15. The van der Waals surface area contributed by atoms with E-state index in [2.05, 4.69) is 5.32 Å². The van der Waals surface area contributed by atoms with Gasteiger partial charge in [-0.3, -0.25) is 9.59 Å². The summed E-state index contributed by atoms with van der Waals surface area (Å²) in [5.41, 5.74) is 2.29. The van der Waals surface area contributed by atoms with Gasteiger partial charge in [-0.2, -0.15) is 0 Å². The van der Waals surface area contributed by atoms with Crippen LogP contribution in [-0.2, 0) is 16.1 Å². The molecule has 0 aromatic heterocycles. The molecule has 0 unspecified atom stereocenters. The number of hydrogen-bond acceptors (Lipinski definition) is 4. The van der Waals surface area contributed by atoms with Crippen molar-refractivity contribution in [2.24, 2.45) is 5.92 Å². The van der Waals surface area contributed by atoms with Crippen LogP contribution in [0.4, 0.5) is 10.5 Å². The number of ether oxygens (including phenoxy) is 1. The fraction of sp³-hybridized carbons (Fsp3) is 0.318. The van der Waals surface area contributed by atoms with Crippen molar-refractivity contribution in [2.75, 3.05) is 11.9 Å². The van der Waals surface area contributed by atoms with Gasteiger partial charge in [0.05, 0.1) is 0 Å². The van der Waals surface area contributed by atoms with Crippen LogP contribution in [0.5, 0.6) is 0 Å². The molecule has 1 saturated carbocycles. The lowest BCUT2D eigenvalue weighted by molar-refractivity contribution is -0.125. The Bertz CT molecular complexity index is 843. The van der Waals surface area contributed by atoms with E-state index in [0.29, 0.717) is 18.4 Å². The highest BCUT2D eigenvalue weighted by Crippen LogP contribution is 2.30. The number of nitrogens with one attached hydrogen (secondary N) is 1. The molecule has 1 fully saturated rings. The highest BCUT2D eigenvalue weighted by molar-refractivity contribution is 5.97. The third kappa shape index (κ3) is 4.76. The second kappa shape index (κ2) is 8.69. The summed E-state index contributed by atoms with van der Waals surface area (Å²) in [6.07, 6.45) is 0.720. The normalized spacial score (nSPS) is 17.9. The monoisotopic (exact) mass is 380 g/mol. The molecular formula is C22H24N2O4. The van der Waals surface area contributed by atoms with Crippen molar-refractivity contribution in [3.8, 4) is 0 Å². The molecule has 1 aliphatic rings. The highest BCUT2D eigenvalue weighted by atomic mass is 16.5. The van der Waals surface area contributed by atoms with E-state index in [1.165, 1.54) is 6.92 Å². The van der Waals surface area contributed by atoms with Crippen molar-refractivity contribution in [1.29, 1.82) is 0 Å². The average molecular weight is 380 g/mol. The fourth-order valence-electron chi connectivity index (χ4n) is 3.19. The van der Waals surface area contributed by atoms with Crippen LogP contribution in [0.2, 0.25) is 0 Å². The Kier molecular flexibility index (Phi) is 6.09. The molecule has 0 aliphatic heterocycles. The first-order valence-corrected chi connectivity index (χ1v) is 9.30. The first-order valence-electron chi connectivity index (χ1n) is 9.30. The van der Waals surface area contributed by atoms with Crippen molar-refractivity contribution in [3.05, 3.63) is 65.7 Å². The zero-order chi connectivity index (χ0) is 20.1. The molecule has 1 N–H and O–H groups in total. The van der Waals surface area contributed by atoms with Gasteiger partial charge in [0.1, 0.15) is 6.61 Å². The molecule has 3 rings (SSSR count). The molecule has 28 heavy (non-hydrogen) atoms. The van der Waals surface area contributed by atoms with E-state index in [9.17, 15) is 14.4 Å². The molecule has 6 nitrogen and oxygen atoms in total. The predicted molar refractivity (Wildman–Crippen MR) is 106 cm³/mol. The number of ketones is 1. The van der Waals surface area contributed by atoms with Crippen molar-refractivity contribution in [1.82, 2.24) is 5.32 Å². The molecule has 6 heteroatoms. The van der Waals surface area contributed by atoms with E-state index in [0.717, 1.165) is 11.3 Å². The van der Waals surface area contributed by atoms with Crippen LogP contribution < -0.4 is 10.2 Å². The number of benzene rings is 2. The van der Waals surface area contributed by atoms with Gasteiger partial charge in [-0.15, -0.1) is 0 Å². The molecule has 0 bridgehead atoms. The summed E-state index contributed by atoms with van der Waals surface area (Å²) in [5, 5.41) is 2.80. The van der Waals surface area contributed by atoms with E-state index >= 15 is 0 Å². The molecule has 146 valence electrons. The predicted octanol–water partition coefficient (Wildman–Crippen LogP) is 3.56. The van der Waals surface area contributed by atoms with Crippen molar-refractivity contribution in [3.63, 3.8) is 0 Å². The van der Waals surface area contributed by atoms with Crippen molar-refractivity contribution < 1.29 is 19.1 Å². The molecule has 0 atom stereocenters. The van der Waals surface area contributed by atoms with Crippen LogP contribution >= 0.6 is 0 Å². The Morgan fingerprint density at radius 1 is 1.04 bits per heavy atom. The largest absolute Gasteiger partial charge is 0.445 e. The summed E-state index contributed by atoms with van der Waals surface area (Å²) >= 11 is 0. The van der Waals surface area contributed by atoms with Crippen LogP contribution in [0.25, 0.3) is 0 Å². The quantitative estimate of drug-likeness (QED) is 0.778. The van der Waals surface area contributed by atoms with Crippen LogP contribution in [0, 0.1) is 5.92 Å². The topological polar surface area (TPSA) is 75.7 Å².